The molecule has 0 unspecified atom stereocenters. The Balaban J connectivity index is 1.40. The Morgan fingerprint density at radius 3 is 2.79 bits per heavy atom. The number of morpholine rings is 1. The molecule has 1 fully saturated rings. The smallest absolute Gasteiger partial charge is 0.302 e. The molecule has 0 amide bonds. The van der Waals surface area contributed by atoms with E-state index in [9.17, 15) is 4.39 Å². The predicted octanol–water partition coefficient (Wildman–Crippen LogP) is 3.43. The van der Waals surface area contributed by atoms with Gasteiger partial charge < -0.3 is 13.7 Å². The van der Waals surface area contributed by atoms with Gasteiger partial charge in [-0.05, 0) is 29.8 Å². The maximum absolute atomic E-state index is 13.4. The number of nitrogens with one attached hydrogen (secondary N) is 1. The van der Waals surface area contributed by atoms with Crippen molar-refractivity contribution in [2.24, 2.45) is 7.05 Å². The number of ether oxygens (including phenoxy) is 1. The first kappa shape index (κ1) is 17.2. The number of halogens is 1. The molecule has 1 saturated heterocycles. The number of nitrogens with zero attached hydrogens (tertiary/aromatic N) is 4. The second-order valence-corrected chi connectivity index (χ2v) is 6.96. The topological polar surface area (TPSA) is 68.4 Å². The molecule has 0 atom stereocenters. The van der Waals surface area contributed by atoms with Crippen LogP contribution in [0.25, 0.3) is 22.1 Å². The van der Waals surface area contributed by atoms with Gasteiger partial charge in [0, 0.05) is 32.7 Å². The van der Waals surface area contributed by atoms with Gasteiger partial charge in [-0.3, -0.25) is 10.2 Å². The third-order valence-electron chi connectivity index (χ3n) is 5.02. The van der Waals surface area contributed by atoms with Crippen molar-refractivity contribution in [3.8, 4) is 0 Å². The van der Waals surface area contributed by atoms with Crippen molar-refractivity contribution in [3.63, 3.8) is 0 Å². The van der Waals surface area contributed by atoms with Crippen molar-refractivity contribution in [2.75, 3.05) is 31.6 Å². The van der Waals surface area contributed by atoms with Crippen LogP contribution in [-0.2, 0) is 18.3 Å². The number of hydrogen-bond donors (Lipinski definition) is 1. The minimum absolute atomic E-state index is 0.313. The van der Waals surface area contributed by atoms with Gasteiger partial charge in [0.2, 0.25) is 5.95 Å². The fourth-order valence-electron chi connectivity index (χ4n) is 3.52. The monoisotopic (exact) mass is 381 g/mol. The summed E-state index contributed by atoms with van der Waals surface area (Å²) in [5.41, 5.74) is 4.09. The molecule has 1 aliphatic heterocycles. The van der Waals surface area contributed by atoms with Crippen LogP contribution in [0.4, 0.5) is 16.4 Å². The molecule has 3 heterocycles. The van der Waals surface area contributed by atoms with Crippen molar-refractivity contribution in [2.45, 2.75) is 6.54 Å². The lowest BCUT2D eigenvalue weighted by molar-refractivity contribution is 0.0342. The number of aromatic nitrogens is 3. The maximum atomic E-state index is 13.4. The lowest BCUT2D eigenvalue weighted by Crippen LogP contribution is -2.35. The highest BCUT2D eigenvalue weighted by Crippen LogP contribution is 2.25. The van der Waals surface area contributed by atoms with Crippen LogP contribution in [0.3, 0.4) is 0 Å². The van der Waals surface area contributed by atoms with Crippen LogP contribution in [-0.4, -0.2) is 45.7 Å². The summed E-state index contributed by atoms with van der Waals surface area (Å²) in [6.45, 7) is 4.31. The molecule has 4 aromatic rings. The summed E-state index contributed by atoms with van der Waals surface area (Å²) in [5, 5.41) is 3.10. The number of hydrogen-bond acceptors (Lipinski definition) is 6. The highest BCUT2D eigenvalue weighted by molar-refractivity contribution is 5.80. The van der Waals surface area contributed by atoms with E-state index in [1.807, 2.05) is 23.7 Å². The second-order valence-electron chi connectivity index (χ2n) is 6.96. The molecule has 1 aliphatic rings. The van der Waals surface area contributed by atoms with Gasteiger partial charge in [0.15, 0.2) is 5.58 Å². The molecule has 144 valence electrons. The molecule has 0 radical (unpaired) electrons. The standard InChI is InChI=1S/C20H20FN5O2/c1-25-17-4-3-14(21)11-15(17)22-19(25)24-20-23-16-10-13(2-5-18(16)28-20)12-26-6-8-27-9-7-26/h2-5,10-11H,6-9,12H2,1H3,(H,22,23,24). The van der Waals surface area contributed by atoms with E-state index >= 15 is 0 Å². The lowest BCUT2D eigenvalue weighted by Gasteiger charge is -2.26. The minimum Gasteiger partial charge on any atom is -0.423 e. The number of anilines is 2. The third-order valence-corrected chi connectivity index (χ3v) is 5.02. The Morgan fingerprint density at radius 2 is 1.93 bits per heavy atom. The van der Waals surface area contributed by atoms with Crippen LogP contribution < -0.4 is 5.32 Å². The van der Waals surface area contributed by atoms with Crippen LogP contribution in [0.2, 0.25) is 0 Å². The Labute approximate surface area is 160 Å². The summed E-state index contributed by atoms with van der Waals surface area (Å²) >= 11 is 0. The Morgan fingerprint density at radius 1 is 1.07 bits per heavy atom. The Hall–Kier alpha value is -2.97. The van der Waals surface area contributed by atoms with Crippen molar-refractivity contribution in [3.05, 3.63) is 47.8 Å². The molecule has 0 spiro atoms. The predicted molar refractivity (Wildman–Crippen MR) is 104 cm³/mol. The molecule has 2 aromatic carbocycles. The van der Waals surface area contributed by atoms with Crippen LogP contribution in [0.15, 0.2) is 40.8 Å². The van der Waals surface area contributed by atoms with Gasteiger partial charge in [-0.2, -0.15) is 4.98 Å². The summed E-state index contributed by atoms with van der Waals surface area (Å²) < 4.78 is 26.5. The summed E-state index contributed by atoms with van der Waals surface area (Å²) in [5.74, 6) is 0.229. The normalized spacial score (nSPS) is 15.5. The van der Waals surface area contributed by atoms with Gasteiger partial charge in [-0.15, -0.1) is 0 Å². The molecule has 5 rings (SSSR count). The first-order chi connectivity index (χ1) is 13.7. The van der Waals surface area contributed by atoms with Crippen LogP contribution >= 0.6 is 0 Å². The molecular weight excluding hydrogens is 361 g/mol. The van der Waals surface area contributed by atoms with E-state index in [1.165, 1.54) is 17.7 Å². The van der Waals surface area contributed by atoms with E-state index < -0.39 is 0 Å². The molecule has 1 N–H and O–H groups in total. The van der Waals surface area contributed by atoms with Crippen molar-refractivity contribution >= 4 is 34.1 Å². The number of aryl methyl sites for hydroxylation is 1. The average molecular weight is 381 g/mol. The third kappa shape index (κ3) is 3.21. The maximum Gasteiger partial charge on any atom is 0.302 e. The largest absolute Gasteiger partial charge is 0.423 e. The van der Waals surface area contributed by atoms with Gasteiger partial charge in [-0.25, -0.2) is 9.37 Å². The van der Waals surface area contributed by atoms with Gasteiger partial charge in [-0.1, -0.05) is 6.07 Å². The fraction of sp³-hybridized carbons (Fsp3) is 0.300. The fourth-order valence-corrected chi connectivity index (χ4v) is 3.52. The quantitative estimate of drug-likeness (QED) is 0.584. The van der Waals surface area contributed by atoms with Crippen LogP contribution in [0.1, 0.15) is 5.56 Å². The van der Waals surface area contributed by atoms with Crippen LogP contribution in [0.5, 0.6) is 0 Å². The molecule has 0 aliphatic carbocycles. The zero-order valence-corrected chi connectivity index (χ0v) is 15.5. The van der Waals surface area contributed by atoms with Gasteiger partial charge >= 0.3 is 6.01 Å². The molecule has 2 aromatic heterocycles. The van der Waals surface area contributed by atoms with Gasteiger partial charge in [0.25, 0.3) is 0 Å². The summed E-state index contributed by atoms with van der Waals surface area (Å²) in [6.07, 6.45) is 0. The molecule has 0 saturated carbocycles. The summed E-state index contributed by atoms with van der Waals surface area (Å²) in [6, 6.07) is 10.9. The average Bonchev–Trinajstić information content (AvgIpc) is 3.22. The first-order valence-electron chi connectivity index (χ1n) is 9.24. The SMILES string of the molecule is Cn1c(Nc2nc3cc(CN4CCOCC4)ccc3o2)nc2cc(F)ccc21. The van der Waals surface area contributed by atoms with Gasteiger partial charge in [0.05, 0.1) is 24.2 Å². The van der Waals surface area contributed by atoms with E-state index in [2.05, 4.69) is 26.3 Å². The minimum atomic E-state index is -0.313. The highest BCUT2D eigenvalue weighted by Gasteiger charge is 2.14. The number of rotatable bonds is 4. The van der Waals surface area contributed by atoms with E-state index in [0.29, 0.717) is 23.1 Å². The first-order valence-corrected chi connectivity index (χ1v) is 9.24. The molecule has 7 nitrogen and oxygen atoms in total. The zero-order valence-electron chi connectivity index (χ0n) is 15.5. The van der Waals surface area contributed by atoms with Crippen LogP contribution in [0, 0.1) is 5.82 Å². The summed E-state index contributed by atoms with van der Waals surface area (Å²) in [7, 11) is 1.86. The zero-order chi connectivity index (χ0) is 19.1. The van der Waals surface area contributed by atoms with E-state index in [0.717, 1.165) is 43.9 Å². The molecule has 28 heavy (non-hydrogen) atoms. The van der Waals surface area contributed by atoms with Crippen molar-refractivity contribution in [1.29, 1.82) is 0 Å². The van der Waals surface area contributed by atoms with Crippen molar-refractivity contribution in [1.82, 2.24) is 19.4 Å². The van der Waals surface area contributed by atoms with E-state index in [-0.39, 0.29) is 5.82 Å². The van der Waals surface area contributed by atoms with Crippen molar-refractivity contribution < 1.29 is 13.5 Å². The number of fused-ring (bicyclic) bond motifs is 2. The number of oxazole rings is 1. The number of benzene rings is 2. The molecule has 8 heteroatoms. The Bertz CT molecular complexity index is 1150. The van der Waals surface area contributed by atoms with E-state index in [1.54, 1.807) is 6.07 Å². The molecular formula is C20H20FN5O2. The number of imidazole rings is 1. The lowest BCUT2D eigenvalue weighted by atomic mass is 10.2. The van der Waals surface area contributed by atoms with Gasteiger partial charge in [0.1, 0.15) is 11.3 Å². The highest BCUT2D eigenvalue weighted by atomic mass is 19.1. The van der Waals surface area contributed by atoms with E-state index in [4.69, 9.17) is 9.15 Å². The molecule has 0 bridgehead atoms. The second kappa shape index (κ2) is 6.88. The summed E-state index contributed by atoms with van der Waals surface area (Å²) in [4.78, 5) is 11.3. The Kier molecular flexibility index (Phi) is 4.22.